The Labute approximate surface area is 360 Å². The second kappa shape index (κ2) is 15.6. The third-order valence-electron chi connectivity index (χ3n) is 13.3. The van der Waals surface area contributed by atoms with Crippen molar-refractivity contribution in [2.24, 2.45) is 11.8 Å². The van der Waals surface area contributed by atoms with Gasteiger partial charge in [-0.05, 0) is 111 Å². The number of fused-ring (bicyclic) bond motifs is 5. The first kappa shape index (κ1) is 37.6. The van der Waals surface area contributed by atoms with Crippen molar-refractivity contribution in [3.05, 3.63) is 194 Å². The van der Waals surface area contributed by atoms with Gasteiger partial charge in [-0.3, -0.25) is 4.57 Å². The topological polar surface area (TPSA) is 34.0 Å². The van der Waals surface area contributed by atoms with E-state index >= 15 is 0 Å². The van der Waals surface area contributed by atoms with Gasteiger partial charge >= 0.3 is 0 Å². The van der Waals surface area contributed by atoms with Crippen LogP contribution in [-0.2, 0) is 0 Å². The molecule has 0 radical (unpaired) electrons. The molecule has 1 saturated heterocycles. The van der Waals surface area contributed by atoms with E-state index in [1.165, 1.54) is 67.2 Å². The zero-order valence-electron chi connectivity index (χ0n) is 34.8. The van der Waals surface area contributed by atoms with Gasteiger partial charge in [0.25, 0.3) is 0 Å². The van der Waals surface area contributed by atoms with E-state index in [-0.39, 0.29) is 0 Å². The summed E-state index contributed by atoms with van der Waals surface area (Å²) < 4.78 is 2.39. The number of rotatable bonds is 8. The number of piperidine rings is 1. The van der Waals surface area contributed by atoms with Crippen molar-refractivity contribution in [3.8, 4) is 28.5 Å². The average Bonchev–Trinajstić information content (AvgIpc) is 3.64. The zero-order chi connectivity index (χ0) is 40.9. The summed E-state index contributed by atoms with van der Waals surface area (Å²) in [4.78, 5) is 18.8. The monoisotopic (exact) mass is 810 g/mol. The molecule has 3 heterocycles. The van der Waals surface area contributed by atoms with E-state index in [0.717, 1.165) is 40.0 Å². The third-order valence-corrected chi connectivity index (χ3v) is 17.2. The molecule has 1 aliphatic carbocycles. The Morgan fingerprint density at radius 2 is 1.07 bits per heavy atom. The first-order chi connectivity index (χ1) is 30.0. The molecule has 7 aromatic carbocycles. The first-order valence-corrected chi connectivity index (χ1v) is 23.5. The third kappa shape index (κ3) is 6.54. The molecule has 2 fully saturated rings. The fourth-order valence-electron chi connectivity index (χ4n) is 10.9. The van der Waals surface area contributed by atoms with Crippen LogP contribution < -0.4 is 4.90 Å². The Hall–Kier alpha value is -6.43. The predicted octanol–water partition coefficient (Wildman–Crippen LogP) is 14.7. The Bertz CT molecular complexity index is 2880. The van der Waals surface area contributed by atoms with E-state index in [4.69, 9.17) is 9.97 Å². The number of benzene rings is 7. The molecule has 5 heteroatoms. The van der Waals surface area contributed by atoms with Crippen LogP contribution in [0.1, 0.15) is 39.5 Å². The Morgan fingerprint density at radius 1 is 0.475 bits per heavy atom. The van der Waals surface area contributed by atoms with Crippen LogP contribution in [0, 0.1) is 11.8 Å². The first-order valence-electron chi connectivity index (χ1n) is 21.9. The second-order valence-electron chi connectivity index (χ2n) is 17.3. The van der Waals surface area contributed by atoms with Crippen LogP contribution in [0.3, 0.4) is 0 Å². The second-order valence-corrected chi connectivity index (χ2v) is 20.4. The molecule has 2 bridgehead atoms. The van der Waals surface area contributed by atoms with Crippen LogP contribution in [0.4, 0.5) is 5.69 Å². The normalized spacial score (nSPS) is 19.3. The highest BCUT2D eigenvalue weighted by molar-refractivity contribution is 8.34. The maximum Gasteiger partial charge on any atom is 0.162 e. The highest BCUT2D eigenvalue weighted by atomic mass is 32.3. The molecular weight excluding hydrogens is 761 g/mol. The van der Waals surface area contributed by atoms with Crippen LogP contribution in [-0.4, -0.2) is 26.6 Å². The van der Waals surface area contributed by atoms with E-state index in [1.54, 1.807) is 0 Å². The summed E-state index contributed by atoms with van der Waals surface area (Å²) in [6.45, 7) is 4.89. The van der Waals surface area contributed by atoms with Gasteiger partial charge in [0.2, 0.25) is 0 Å². The molecule has 0 amide bonds. The van der Waals surface area contributed by atoms with Crippen molar-refractivity contribution in [1.82, 2.24) is 14.5 Å². The molecule has 1 aliphatic heterocycles. The summed E-state index contributed by atoms with van der Waals surface area (Å²) in [5.74, 6) is 3.17. The van der Waals surface area contributed by atoms with Gasteiger partial charge in [0.1, 0.15) is 5.82 Å². The van der Waals surface area contributed by atoms with Gasteiger partial charge in [-0.1, -0.05) is 128 Å². The van der Waals surface area contributed by atoms with Gasteiger partial charge in [-0.15, -0.1) is 10.0 Å². The summed E-state index contributed by atoms with van der Waals surface area (Å²) in [5, 5.41) is 2.47. The SMILES string of the molecule is CC1CC2CC(C)N(c3ccc4c5ccccc5n(-c5cc(-c6ccccc6)nc(-c6cccc(S(c7ccccc7)(c7ccccc7)c7ccccc7)c6)n5)c4c3)C(C1)C2. The fourth-order valence-corrected chi connectivity index (χ4v) is 14.8. The fraction of sp³-hybridized carbons (Fsp3) is 0.179. The highest BCUT2D eigenvalue weighted by Gasteiger charge is 2.39. The van der Waals surface area contributed by atoms with Crippen LogP contribution in [0.15, 0.2) is 214 Å². The number of anilines is 1. The van der Waals surface area contributed by atoms with Crippen LogP contribution in [0.25, 0.3) is 50.3 Å². The van der Waals surface area contributed by atoms with E-state index in [2.05, 4.69) is 217 Å². The van der Waals surface area contributed by atoms with Gasteiger partial charge in [-0.2, -0.15) is 0 Å². The average molecular weight is 811 g/mol. The van der Waals surface area contributed by atoms with Gasteiger partial charge in [-0.25, -0.2) is 9.97 Å². The van der Waals surface area contributed by atoms with Gasteiger partial charge < -0.3 is 4.90 Å². The van der Waals surface area contributed by atoms with Crippen LogP contribution >= 0.6 is 10.0 Å². The number of aromatic nitrogens is 3. The lowest BCUT2D eigenvalue weighted by Gasteiger charge is -2.50. The minimum Gasteiger partial charge on any atom is -0.366 e. The summed E-state index contributed by atoms with van der Waals surface area (Å²) in [6, 6.07) is 72.0. The quantitative estimate of drug-likeness (QED) is 0.153. The van der Waals surface area contributed by atoms with E-state index in [0.29, 0.717) is 17.9 Å². The summed E-state index contributed by atoms with van der Waals surface area (Å²) in [7, 11) is -1.91. The highest BCUT2D eigenvalue weighted by Crippen LogP contribution is 2.73. The predicted molar refractivity (Wildman–Crippen MR) is 254 cm³/mol. The minimum absolute atomic E-state index is 0.506. The molecule has 300 valence electrons. The van der Waals surface area contributed by atoms with E-state index < -0.39 is 10.0 Å². The standard InChI is InChI=1S/C56H50N4S/c1-39-32-41-34-40(2)59(45(33-39)35-41)44-30-31-51-50-28-15-16-29-53(50)60(54(51)37-44)55-38-52(42-18-7-3-8-19-42)57-56(58-55)43-20-17-27-49(36-43)61(46-21-9-4-10-22-46,47-23-11-5-12-24-47)48-25-13-6-14-26-48/h3-31,36-41,45H,32-35H2,1-2H3. The van der Waals surface area contributed by atoms with Crippen molar-refractivity contribution in [1.29, 1.82) is 0 Å². The molecule has 2 aliphatic rings. The lowest BCUT2D eigenvalue weighted by atomic mass is 9.72. The molecule has 4 unspecified atom stereocenters. The molecule has 4 atom stereocenters. The number of nitrogens with zero attached hydrogens (tertiary/aromatic N) is 4. The van der Waals surface area contributed by atoms with Gasteiger partial charge in [0.05, 0.1) is 16.7 Å². The molecule has 0 spiro atoms. The summed E-state index contributed by atoms with van der Waals surface area (Å²) >= 11 is 0. The Morgan fingerprint density at radius 3 is 1.75 bits per heavy atom. The largest absolute Gasteiger partial charge is 0.366 e. The summed E-state index contributed by atoms with van der Waals surface area (Å²) in [6.07, 6.45) is 5.20. The molecule has 2 aromatic heterocycles. The van der Waals surface area contributed by atoms with E-state index in [1.807, 2.05) is 0 Å². The maximum absolute atomic E-state index is 5.58. The minimum atomic E-state index is -1.91. The lowest BCUT2D eigenvalue weighted by molar-refractivity contribution is 0.179. The van der Waals surface area contributed by atoms with E-state index in [9.17, 15) is 0 Å². The zero-order valence-corrected chi connectivity index (χ0v) is 35.6. The van der Waals surface area contributed by atoms with Crippen molar-refractivity contribution < 1.29 is 0 Å². The maximum atomic E-state index is 5.58. The smallest absolute Gasteiger partial charge is 0.162 e. The molecule has 0 N–H and O–H groups in total. The van der Waals surface area contributed by atoms with Gasteiger partial charge in [0, 0.05) is 65.3 Å². The molecule has 1 saturated carbocycles. The van der Waals surface area contributed by atoms with Crippen molar-refractivity contribution in [2.75, 3.05) is 4.90 Å². The van der Waals surface area contributed by atoms with Gasteiger partial charge in [0.15, 0.2) is 5.82 Å². The molecule has 9 aromatic rings. The summed E-state index contributed by atoms with van der Waals surface area (Å²) in [5.41, 5.74) is 6.58. The molecule has 11 rings (SSSR count). The van der Waals surface area contributed by atoms with Crippen molar-refractivity contribution >= 4 is 37.5 Å². The lowest BCUT2D eigenvalue weighted by Crippen LogP contribution is -2.51. The molecular formula is C56H50N4S. The number of hydrogen-bond donors (Lipinski definition) is 0. The number of para-hydroxylation sites is 1. The molecule has 4 nitrogen and oxygen atoms in total. The number of hydrogen-bond acceptors (Lipinski definition) is 3. The Kier molecular flexibility index (Phi) is 9.58. The Balaban J connectivity index is 1.13. The van der Waals surface area contributed by atoms with Crippen LogP contribution in [0.5, 0.6) is 0 Å². The molecule has 61 heavy (non-hydrogen) atoms. The van der Waals surface area contributed by atoms with Crippen molar-refractivity contribution in [3.63, 3.8) is 0 Å². The van der Waals surface area contributed by atoms with Crippen LogP contribution in [0.2, 0.25) is 0 Å². The van der Waals surface area contributed by atoms with Crippen molar-refractivity contribution in [2.45, 2.75) is 71.2 Å².